The number of pyridine rings is 1. The fraction of sp³-hybridized carbons (Fsp3) is 0.250. The van der Waals surface area contributed by atoms with Gasteiger partial charge in [-0.25, -0.2) is 0 Å². The van der Waals surface area contributed by atoms with Crippen LogP contribution < -0.4 is 5.49 Å². The molecule has 0 saturated carbocycles. The van der Waals surface area contributed by atoms with E-state index in [4.69, 9.17) is 0 Å². The molecule has 1 rings (SSSR count). The second-order valence-electron chi connectivity index (χ2n) is 2.49. The second-order valence-corrected chi connectivity index (χ2v) is 2.49. The van der Waals surface area contributed by atoms with E-state index in [1.165, 1.54) is 13.1 Å². The molecule has 4 nitrogen and oxygen atoms in total. The molecular weight excluding hydrogens is 156 g/mol. The van der Waals surface area contributed by atoms with Crippen LogP contribution in [-0.4, -0.2) is 15.8 Å². The molecule has 0 spiro atoms. The van der Waals surface area contributed by atoms with Crippen LogP contribution in [-0.2, 0) is 4.79 Å². The minimum absolute atomic E-state index is 0.282. The highest BCUT2D eigenvalue weighted by Gasteiger charge is 1.95. The number of amides is 1. The van der Waals surface area contributed by atoms with Crippen LogP contribution in [0.2, 0.25) is 0 Å². The summed E-state index contributed by atoms with van der Waals surface area (Å²) in [4.78, 5) is 14.3. The van der Waals surface area contributed by atoms with Gasteiger partial charge in [0, 0.05) is 13.1 Å². The lowest BCUT2D eigenvalue weighted by Crippen LogP contribution is -2.22. The second kappa shape index (κ2) is 3.21. The number of nitrogens with zero attached hydrogens (tertiary/aromatic N) is 2. The molecule has 0 aromatic carbocycles. The number of carbonyl (C=O) groups is 1. The van der Waals surface area contributed by atoms with Crippen molar-refractivity contribution >= 4 is 5.91 Å². The Hall–Kier alpha value is -1.58. The van der Waals surface area contributed by atoms with Crippen molar-refractivity contribution in [3.63, 3.8) is 0 Å². The topological polar surface area (TPSA) is 54.6 Å². The molecule has 0 aliphatic rings. The minimum atomic E-state index is -0.327. The zero-order chi connectivity index (χ0) is 9.14. The third-order valence-electron chi connectivity index (χ3n) is 1.41. The van der Waals surface area contributed by atoms with Gasteiger partial charge >= 0.3 is 0 Å². The third-order valence-corrected chi connectivity index (χ3v) is 1.41. The lowest BCUT2D eigenvalue weighted by molar-refractivity contribution is -0.116. The van der Waals surface area contributed by atoms with Crippen LogP contribution in [0.15, 0.2) is 23.3 Å². The van der Waals surface area contributed by atoms with Gasteiger partial charge < -0.3 is 5.21 Å². The van der Waals surface area contributed by atoms with Crippen LogP contribution in [0.3, 0.4) is 0 Å². The lowest BCUT2D eigenvalue weighted by Gasteiger charge is -1.98. The Labute approximate surface area is 69.8 Å². The summed E-state index contributed by atoms with van der Waals surface area (Å²) < 4.78 is 0.830. The van der Waals surface area contributed by atoms with Gasteiger partial charge in [0.2, 0.25) is 5.91 Å². The van der Waals surface area contributed by atoms with Crippen LogP contribution >= 0.6 is 0 Å². The highest BCUT2D eigenvalue weighted by atomic mass is 16.5. The average molecular weight is 166 g/mol. The average Bonchev–Trinajstić information content (AvgIpc) is 1.97. The van der Waals surface area contributed by atoms with Crippen molar-refractivity contribution in [3.05, 3.63) is 29.4 Å². The van der Waals surface area contributed by atoms with Crippen molar-refractivity contribution in [2.24, 2.45) is 4.99 Å². The summed E-state index contributed by atoms with van der Waals surface area (Å²) in [6.07, 6.45) is 1.43. The molecule has 1 aromatic rings. The van der Waals surface area contributed by atoms with Crippen molar-refractivity contribution < 1.29 is 10.0 Å². The largest absolute Gasteiger partial charge is 0.427 e. The van der Waals surface area contributed by atoms with Crippen molar-refractivity contribution in [2.45, 2.75) is 13.8 Å². The maximum absolute atomic E-state index is 10.6. The lowest BCUT2D eigenvalue weighted by atomic mass is 10.3. The molecule has 0 unspecified atom stereocenters. The summed E-state index contributed by atoms with van der Waals surface area (Å²) in [5, 5.41) is 9.21. The number of rotatable bonds is 0. The van der Waals surface area contributed by atoms with E-state index in [-0.39, 0.29) is 11.4 Å². The van der Waals surface area contributed by atoms with Crippen LogP contribution in [0.25, 0.3) is 0 Å². The van der Waals surface area contributed by atoms with Gasteiger partial charge in [-0.05, 0) is 18.6 Å². The number of aryl methyl sites for hydroxylation is 1. The first-order chi connectivity index (χ1) is 5.61. The predicted molar refractivity (Wildman–Crippen MR) is 42.6 cm³/mol. The standard InChI is InChI=1S/C8H10N2O2/c1-6-4-3-5-10(12)8(6)9-7(2)11/h3-5,12H,1-2H3. The van der Waals surface area contributed by atoms with Gasteiger partial charge in [-0.2, -0.15) is 9.72 Å². The van der Waals surface area contributed by atoms with Crippen LogP contribution in [0.1, 0.15) is 12.5 Å². The fourth-order valence-electron chi connectivity index (χ4n) is 0.883. The van der Waals surface area contributed by atoms with Gasteiger partial charge in [0.1, 0.15) is 0 Å². The molecule has 1 heterocycles. The molecule has 64 valence electrons. The fourth-order valence-corrected chi connectivity index (χ4v) is 0.883. The van der Waals surface area contributed by atoms with E-state index in [1.54, 1.807) is 19.1 Å². The van der Waals surface area contributed by atoms with E-state index in [1.807, 2.05) is 0 Å². The van der Waals surface area contributed by atoms with Gasteiger partial charge in [0.25, 0.3) is 0 Å². The van der Waals surface area contributed by atoms with Crippen LogP contribution in [0, 0.1) is 6.92 Å². The third kappa shape index (κ3) is 1.72. The molecular formula is C8H10N2O2. The Balaban J connectivity index is 3.40. The first-order valence-electron chi connectivity index (χ1n) is 3.54. The van der Waals surface area contributed by atoms with E-state index in [2.05, 4.69) is 4.99 Å². The summed E-state index contributed by atoms with van der Waals surface area (Å²) in [5.74, 6) is -0.327. The first kappa shape index (κ1) is 8.52. The quantitative estimate of drug-likeness (QED) is 0.570. The Morgan fingerprint density at radius 1 is 1.67 bits per heavy atom. The molecule has 0 aliphatic carbocycles. The molecule has 0 radical (unpaired) electrons. The molecule has 0 fully saturated rings. The molecule has 0 bridgehead atoms. The summed E-state index contributed by atoms with van der Waals surface area (Å²) in [6, 6.07) is 3.45. The van der Waals surface area contributed by atoms with Gasteiger partial charge in [-0.1, -0.05) is 6.07 Å². The Bertz CT molecular complexity index is 342. The van der Waals surface area contributed by atoms with E-state index in [0.717, 1.165) is 10.3 Å². The number of aromatic nitrogens is 1. The number of carbonyl (C=O) groups excluding carboxylic acids is 1. The molecule has 0 saturated heterocycles. The highest BCUT2D eigenvalue weighted by Crippen LogP contribution is 1.86. The maximum Gasteiger partial charge on any atom is 0.244 e. The van der Waals surface area contributed by atoms with Crippen molar-refractivity contribution in [2.75, 3.05) is 0 Å². The van der Waals surface area contributed by atoms with Crippen LogP contribution in [0.4, 0.5) is 0 Å². The summed E-state index contributed by atoms with van der Waals surface area (Å²) in [7, 11) is 0. The SMILES string of the molecule is CC(=O)N=c1c(C)cccn1O. The molecule has 4 heteroatoms. The minimum Gasteiger partial charge on any atom is -0.427 e. The normalized spacial score (nSPS) is 11.7. The number of hydrogen-bond acceptors (Lipinski definition) is 2. The molecule has 1 N–H and O–H groups in total. The maximum atomic E-state index is 10.6. The van der Waals surface area contributed by atoms with E-state index >= 15 is 0 Å². The molecule has 0 atom stereocenters. The van der Waals surface area contributed by atoms with Gasteiger partial charge in [-0.15, -0.1) is 0 Å². The summed E-state index contributed by atoms with van der Waals surface area (Å²) in [6.45, 7) is 3.11. The molecule has 12 heavy (non-hydrogen) atoms. The van der Waals surface area contributed by atoms with Crippen molar-refractivity contribution in [3.8, 4) is 0 Å². The predicted octanol–water partition coefficient (Wildman–Crippen LogP) is 0.481. The Kier molecular flexibility index (Phi) is 2.28. The summed E-state index contributed by atoms with van der Waals surface area (Å²) >= 11 is 0. The molecule has 1 aromatic heterocycles. The Morgan fingerprint density at radius 2 is 2.33 bits per heavy atom. The first-order valence-corrected chi connectivity index (χ1v) is 3.54. The highest BCUT2D eigenvalue weighted by molar-refractivity contribution is 5.73. The smallest absolute Gasteiger partial charge is 0.244 e. The molecule has 1 amide bonds. The van der Waals surface area contributed by atoms with E-state index in [0.29, 0.717) is 0 Å². The number of hydrogen-bond donors (Lipinski definition) is 1. The van der Waals surface area contributed by atoms with Gasteiger partial charge in [0.15, 0.2) is 5.49 Å². The summed E-state index contributed by atoms with van der Waals surface area (Å²) in [5.41, 5.74) is 1.04. The van der Waals surface area contributed by atoms with E-state index in [9.17, 15) is 10.0 Å². The van der Waals surface area contributed by atoms with E-state index < -0.39 is 0 Å². The van der Waals surface area contributed by atoms with Gasteiger partial charge in [-0.3, -0.25) is 4.79 Å². The van der Waals surface area contributed by atoms with Crippen molar-refractivity contribution in [1.29, 1.82) is 0 Å². The zero-order valence-corrected chi connectivity index (χ0v) is 6.98. The monoisotopic (exact) mass is 166 g/mol. The van der Waals surface area contributed by atoms with Crippen molar-refractivity contribution in [1.82, 2.24) is 4.73 Å². The zero-order valence-electron chi connectivity index (χ0n) is 6.98. The van der Waals surface area contributed by atoms with Crippen LogP contribution in [0.5, 0.6) is 0 Å². The van der Waals surface area contributed by atoms with Gasteiger partial charge in [0.05, 0.1) is 0 Å². The Morgan fingerprint density at radius 3 is 2.83 bits per heavy atom. The molecule has 0 aliphatic heterocycles.